The third kappa shape index (κ3) is 3.45. The third-order valence-electron chi connectivity index (χ3n) is 6.70. The molecular formula is C25H26FN9O. The molecule has 0 spiro atoms. The summed E-state index contributed by atoms with van der Waals surface area (Å²) in [5, 5.41) is 10.3. The second-order valence-electron chi connectivity index (χ2n) is 9.52. The summed E-state index contributed by atoms with van der Waals surface area (Å²) in [4.78, 5) is 27.1. The number of hydrogen-bond acceptors (Lipinski definition) is 7. The van der Waals surface area contributed by atoms with E-state index >= 15 is 0 Å². The third-order valence-corrected chi connectivity index (χ3v) is 6.70. The summed E-state index contributed by atoms with van der Waals surface area (Å²) in [7, 11) is 0. The number of hydrogen-bond donors (Lipinski definition) is 1. The van der Waals surface area contributed by atoms with Gasteiger partial charge in [-0.2, -0.15) is 10.2 Å². The van der Waals surface area contributed by atoms with Crippen molar-refractivity contribution in [2.45, 2.75) is 58.2 Å². The average molecular weight is 488 g/mol. The second kappa shape index (κ2) is 8.21. The van der Waals surface area contributed by atoms with E-state index in [-0.39, 0.29) is 23.0 Å². The van der Waals surface area contributed by atoms with E-state index in [1.165, 1.54) is 18.5 Å². The Morgan fingerprint density at radius 1 is 1.22 bits per heavy atom. The first-order chi connectivity index (χ1) is 17.4. The summed E-state index contributed by atoms with van der Waals surface area (Å²) >= 11 is 0. The molecule has 4 aromatic heterocycles. The van der Waals surface area contributed by atoms with Gasteiger partial charge >= 0.3 is 0 Å². The lowest BCUT2D eigenvalue weighted by Crippen LogP contribution is -2.29. The SMILES string of the molecule is CC[C@@H](c1nc2ccc(F)cc2c(=O)n1C1CC1)n1nc(-c2cnn(C(C)C)c2)c2c(N)ncnc21. The van der Waals surface area contributed by atoms with Crippen molar-refractivity contribution in [1.82, 2.24) is 39.1 Å². The first kappa shape index (κ1) is 22.3. The number of anilines is 1. The Kier molecular flexibility index (Phi) is 5.09. The Labute approximate surface area is 205 Å². The van der Waals surface area contributed by atoms with Crippen molar-refractivity contribution in [2.24, 2.45) is 0 Å². The van der Waals surface area contributed by atoms with Crippen LogP contribution in [0.3, 0.4) is 0 Å². The van der Waals surface area contributed by atoms with Crippen molar-refractivity contribution in [2.75, 3.05) is 5.73 Å². The summed E-state index contributed by atoms with van der Waals surface area (Å²) in [5.74, 6) is 0.436. The molecule has 4 heterocycles. The Bertz CT molecular complexity index is 1680. The standard InChI is InChI=1S/C25H26FN9O/c1-4-19(23-31-18-8-5-15(26)9-17(18)25(36)34(23)16-6-7-16)35-24-20(22(27)28-12-29-24)21(32-35)14-10-30-33(11-14)13(2)3/h5,8-13,16,19H,4,6-7H2,1-3H3,(H2,27,28,29)/t19-/m0/s1. The van der Waals surface area contributed by atoms with E-state index in [0.29, 0.717) is 40.3 Å². The van der Waals surface area contributed by atoms with Gasteiger partial charge in [-0.3, -0.25) is 14.0 Å². The highest BCUT2D eigenvalue weighted by molar-refractivity contribution is 5.98. The van der Waals surface area contributed by atoms with Crippen molar-refractivity contribution in [3.05, 3.63) is 58.9 Å². The number of benzene rings is 1. The van der Waals surface area contributed by atoms with E-state index in [2.05, 4.69) is 15.1 Å². The van der Waals surface area contributed by atoms with Crippen LogP contribution in [0.15, 0.2) is 41.7 Å². The Morgan fingerprint density at radius 2 is 2.03 bits per heavy atom. The number of rotatable bonds is 6. The maximum Gasteiger partial charge on any atom is 0.261 e. The lowest BCUT2D eigenvalue weighted by molar-refractivity contribution is 0.461. The highest BCUT2D eigenvalue weighted by atomic mass is 19.1. The summed E-state index contributed by atoms with van der Waals surface area (Å²) in [5.41, 5.74) is 8.51. The molecule has 36 heavy (non-hydrogen) atoms. The van der Waals surface area contributed by atoms with Gasteiger partial charge < -0.3 is 5.73 Å². The van der Waals surface area contributed by atoms with Gasteiger partial charge in [0.15, 0.2) is 5.65 Å². The van der Waals surface area contributed by atoms with Gasteiger partial charge in [0.25, 0.3) is 5.56 Å². The monoisotopic (exact) mass is 487 g/mol. The van der Waals surface area contributed by atoms with Gasteiger partial charge in [-0.25, -0.2) is 24.0 Å². The summed E-state index contributed by atoms with van der Waals surface area (Å²) in [6.07, 6.45) is 7.43. The topological polar surface area (TPSA) is 122 Å². The molecule has 2 N–H and O–H groups in total. The quantitative estimate of drug-likeness (QED) is 0.383. The van der Waals surface area contributed by atoms with E-state index in [9.17, 15) is 9.18 Å². The van der Waals surface area contributed by atoms with E-state index < -0.39 is 11.9 Å². The minimum Gasteiger partial charge on any atom is -0.383 e. The summed E-state index contributed by atoms with van der Waals surface area (Å²) < 4.78 is 19.3. The lowest BCUT2D eigenvalue weighted by Gasteiger charge is -2.21. The van der Waals surface area contributed by atoms with Crippen LogP contribution in [-0.4, -0.2) is 39.1 Å². The average Bonchev–Trinajstić information content (AvgIpc) is 3.42. The minimum absolute atomic E-state index is 0.0342. The molecular weight excluding hydrogens is 461 g/mol. The molecule has 11 heteroatoms. The van der Waals surface area contributed by atoms with Gasteiger partial charge in [0.1, 0.15) is 35.5 Å². The molecule has 6 rings (SSSR count). The normalized spacial score (nSPS) is 14.8. The zero-order chi connectivity index (χ0) is 25.1. The molecule has 0 bridgehead atoms. The Morgan fingerprint density at radius 3 is 2.72 bits per heavy atom. The first-order valence-corrected chi connectivity index (χ1v) is 12.1. The van der Waals surface area contributed by atoms with Crippen LogP contribution in [0.1, 0.15) is 64.0 Å². The predicted octanol–water partition coefficient (Wildman–Crippen LogP) is 4.04. The largest absolute Gasteiger partial charge is 0.383 e. The van der Waals surface area contributed by atoms with Crippen LogP contribution < -0.4 is 11.3 Å². The number of fused-ring (bicyclic) bond motifs is 2. The van der Waals surface area contributed by atoms with Crippen LogP contribution in [0, 0.1) is 5.82 Å². The maximum absolute atomic E-state index is 14.0. The smallest absolute Gasteiger partial charge is 0.261 e. The zero-order valence-electron chi connectivity index (χ0n) is 20.3. The number of aromatic nitrogens is 8. The molecule has 10 nitrogen and oxygen atoms in total. The molecule has 1 aliphatic carbocycles. The molecule has 1 aliphatic rings. The molecule has 0 radical (unpaired) electrons. The van der Waals surface area contributed by atoms with Crippen LogP contribution in [-0.2, 0) is 0 Å². The fraction of sp³-hybridized carbons (Fsp3) is 0.360. The second-order valence-corrected chi connectivity index (χ2v) is 9.52. The highest BCUT2D eigenvalue weighted by Crippen LogP contribution is 2.39. The van der Waals surface area contributed by atoms with E-state index in [0.717, 1.165) is 18.4 Å². The predicted molar refractivity (Wildman–Crippen MR) is 134 cm³/mol. The maximum atomic E-state index is 14.0. The van der Waals surface area contributed by atoms with E-state index in [4.69, 9.17) is 15.8 Å². The van der Waals surface area contributed by atoms with E-state index in [1.807, 2.05) is 31.6 Å². The Hall–Kier alpha value is -4.15. The molecule has 1 saturated carbocycles. The zero-order valence-corrected chi connectivity index (χ0v) is 20.3. The highest BCUT2D eigenvalue weighted by Gasteiger charge is 2.33. The van der Waals surface area contributed by atoms with Crippen molar-refractivity contribution in [3.63, 3.8) is 0 Å². The van der Waals surface area contributed by atoms with Crippen LogP contribution in [0.4, 0.5) is 10.2 Å². The lowest BCUT2D eigenvalue weighted by atomic mass is 10.1. The van der Waals surface area contributed by atoms with Crippen molar-refractivity contribution >= 4 is 27.8 Å². The van der Waals surface area contributed by atoms with Crippen LogP contribution >= 0.6 is 0 Å². The number of nitrogens with zero attached hydrogens (tertiary/aromatic N) is 8. The van der Waals surface area contributed by atoms with Gasteiger partial charge in [0.2, 0.25) is 0 Å². The first-order valence-electron chi connectivity index (χ1n) is 12.1. The molecule has 5 aromatic rings. The molecule has 0 aliphatic heterocycles. The van der Waals surface area contributed by atoms with Crippen LogP contribution in [0.25, 0.3) is 33.2 Å². The summed E-state index contributed by atoms with van der Waals surface area (Å²) in [6, 6.07) is 3.94. The van der Waals surface area contributed by atoms with Gasteiger partial charge in [0, 0.05) is 23.8 Å². The number of nitrogen functional groups attached to an aromatic ring is 1. The summed E-state index contributed by atoms with van der Waals surface area (Å²) in [6.45, 7) is 6.11. The van der Waals surface area contributed by atoms with Crippen LogP contribution in [0.5, 0.6) is 0 Å². The van der Waals surface area contributed by atoms with Gasteiger partial charge in [0.05, 0.1) is 22.5 Å². The molecule has 184 valence electrons. The number of nitrogens with two attached hydrogens (primary N) is 1. The molecule has 1 aromatic carbocycles. The number of halogens is 1. The van der Waals surface area contributed by atoms with Crippen molar-refractivity contribution in [3.8, 4) is 11.3 Å². The van der Waals surface area contributed by atoms with Crippen molar-refractivity contribution < 1.29 is 4.39 Å². The Balaban J connectivity index is 1.60. The molecule has 0 unspecified atom stereocenters. The van der Waals surface area contributed by atoms with Crippen LogP contribution in [0.2, 0.25) is 0 Å². The van der Waals surface area contributed by atoms with Gasteiger partial charge in [-0.05, 0) is 51.3 Å². The van der Waals surface area contributed by atoms with E-state index in [1.54, 1.807) is 21.5 Å². The molecule has 1 atom stereocenters. The van der Waals surface area contributed by atoms with Crippen molar-refractivity contribution in [1.29, 1.82) is 0 Å². The van der Waals surface area contributed by atoms with Gasteiger partial charge in [-0.15, -0.1) is 0 Å². The minimum atomic E-state index is -0.458. The molecule has 0 saturated heterocycles. The fourth-order valence-electron chi connectivity index (χ4n) is 4.73. The fourth-order valence-corrected chi connectivity index (χ4v) is 4.73. The van der Waals surface area contributed by atoms with Gasteiger partial charge in [-0.1, -0.05) is 6.92 Å². The molecule has 1 fully saturated rings. The molecule has 0 amide bonds.